The van der Waals surface area contributed by atoms with E-state index in [0.717, 1.165) is 0 Å². The Balaban J connectivity index is 0.000000191. The maximum Gasteiger partial charge on any atom is 0.335 e. The summed E-state index contributed by atoms with van der Waals surface area (Å²) in [6.07, 6.45) is -0.258. The van der Waals surface area contributed by atoms with Gasteiger partial charge >= 0.3 is 12.0 Å². The Bertz CT molecular complexity index is 478. The van der Waals surface area contributed by atoms with Crippen LogP contribution >= 0.6 is 0 Å². The lowest BCUT2D eigenvalue weighted by atomic mass is 10.2. The van der Waals surface area contributed by atoms with Crippen LogP contribution in [0.25, 0.3) is 0 Å². The maximum absolute atomic E-state index is 10.3. The number of amides is 4. The number of rotatable bonds is 1. The molecule has 8 heteroatoms. The molecular weight excluding hydrogens is 254 g/mol. The summed E-state index contributed by atoms with van der Waals surface area (Å²) in [4.78, 5) is 41.1. The maximum atomic E-state index is 10.3. The molecule has 1 fully saturated rings. The van der Waals surface area contributed by atoms with Gasteiger partial charge in [0.2, 0.25) is 11.8 Å². The van der Waals surface area contributed by atoms with E-state index < -0.39 is 23.8 Å². The fraction of sp³-hybridized carbons (Fsp3) is 0.0909. The van der Waals surface area contributed by atoms with Crippen molar-refractivity contribution >= 4 is 29.5 Å². The molecule has 1 aromatic carbocycles. The highest BCUT2D eigenvalue weighted by Gasteiger charge is 2.20. The molecule has 1 aromatic rings. The SMILES string of the molecule is Nc1ccc(C(=O)O)cc1.O=C1CC(=O)NC(=O)N1. The second kappa shape index (κ2) is 6.15. The summed E-state index contributed by atoms with van der Waals surface area (Å²) in [6, 6.07) is 5.32. The van der Waals surface area contributed by atoms with E-state index in [0.29, 0.717) is 5.69 Å². The fourth-order valence-electron chi connectivity index (χ4n) is 1.14. The van der Waals surface area contributed by atoms with Crippen molar-refractivity contribution in [1.82, 2.24) is 10.6 Å². The summed E-state index contributed by atoms with van der Waals surface area (Å²) in [7, 11) is 0. The van der Waals surface area contributed by atoms with E-state index in [2.05, 4.69) is 0 Å². The molecule has 5 N–H and O–H groups in total. The Hall–Kier alpha value is -2.90. The number of barbiturate groups is 1. The van der Waals surface area contributed by atoms with Crippen molar-refractivity contribution < 1.29 is 24.3 Å². The average molecular weight is 265 g/mol. The molecule has 0 bridgehead atoms. The van der Waals surface area contributed by atoms with Crippen molar-refractivity contribution in [2.45, 2.75) is 6.42 Å². The van der Waals surface area contributed by atoms with Crippen molar-refractivity contribution in [2.24, 2.45) is 0 Å². The Morgan fingerprint density at radius 1 is 1.05 bits per heavy atom. The first-order valence-corrected chi connectivity index (χ1v) is 5.11. The van der Waals surface area contributed by atoms with Gasteiger partial charge in [0.1, 0.15) is 6.42 Å². The molecule has 0 saturated carbocycles. The van der Waals surface area contributed by atoms with E-state index in [-0.39, 0.29) is 12.0 Å². The Kier molecular flexibility index (Phi) is 4.58. The second-order valence-electron chi connectivity index (χ2n) is 3.53. The lowest BCUT2D eigenvalue weighted by Crippen LogP contribution is -2.49. The van der Waals surface area contributed by atoms with E-state index in [1.54, 1.807) is 12.1 Å². The van der Waals surface area contributed by atoms with E-state index in [9.17, 15) is 19.2 Å². The highest BCUT2D eigenvalue weighted by atomic mass is 16.4. The third-order valence-corrected chi connectivity index (χ3v) is 1.98. The number of carboxylic acid groups (broad SMARTS) is 1. The zero-order valence-electron chi connectivity index (χ0n) is 9.67. The van der Waals surface area contributed by atoms with E-state index in [1.165, 1.54) is 12.1 Å². The number of nitrogen functional groups attached to an aromatic ring is 1. The number of benzene rings is 1. The number of hydrogen-bond donors (Lipinski definition) is 4. The molecule has 0 spiro atoms. The number of hydrogen-bond acceptors (Lipinski definition) is 5. The summed E-state index contributed by atoms with van der Waals surface area (Å²) in [5, 5.41) is 12.2. The van der Waals surface area contributed by atoms with Crippen molar-refractivity contribution in [3.05, 3.63) is 29.8 Å². The largest absolute Gasteiger partial charge is 0.478 e. The molecule has 4 amide bonds. The Labute approximate surface area is 107 Å². The highest BCUT2D eigenvalue weighted by molar-refractivity contribution is 6.14. The number of carbonyl (C=O) groups excluding carboxylic acids is 3. The van der Waals surface area contributed by atoms with Crippen LogP contribution in [-0.4, -0.2) is 28.9 Å². The van der Waals surface area contributed by atoms with Crippen molar-refractivity contribution in [3.63, 3.8) is 0 Å². The molecular formula is C11H11N3O5. The van der Waals surface area contributed by atoms with Gasteiger partial charge in [-0.2, -0.15) is 0 Å². The Morgan fingerprint density at radius 2 is 1.53 bits per heavy atom. The number of aromatic carboxylic acids is 1. The van der Waals surface area contributed by atoms with Crippen LogP contribution in [0.1, 0.15) is 16.8 Å². The van der Waals surface area contributed by atoms with E-state index in [4.69, 9.17) is 10.8 Å². The summed E-state index contributed by atoms with van der Waals surface area (Å²) in [5.74, 6) is -2.03. The zero-order chi connectivity index (χ0) is 14.4. The van der Waals surface area contributed by atoms with Gasteiger partial charge in [0.25, 0.3) is 0 Å². The second-order valence-corrected chi connectivity index (χ2v) is 3.53. The van der Waals surface area contributed by atoms with E-state index in [1.807, 2.05) is 10.6 Å². The van der Waals surface area contributed by atoms with Gasteiger partial charge in [-0.15, -0.1) is 0 Å². The number of urea groups is 1. The fourth-order valence-corrected chi connectivity index (χ4v) is 1.14. The lowest BCUT2D eigenvalue weighted by molar-refractivity contribution is -0.129. The van der Waals surface area contributed by atoms with Gasteiger partial charge in [-0.05, 0) is 24.3 Å². The smallest absolute Gasteiger partial charge is 0.335 e. The van der Waals surface area contributed by atoms with Gasteiger partial charge in [-0.1, -0.05) is 0 Å². The molecule has 19 heavy (non-hydrogen) atoms. The van der Waals surface area contributed by atoms with Crippen molar-refractivity contribution in [1.29, 1.82) is 0 Å². The predicted octanol–water partition coefficient (Wildman–Crippen LogP) is -0.291. The third kappa shape index (κ3) is 4.86. The summed E-state index contributed by atoms with van der Waals surface area (Å²) < 4.78 is 0. The number of imide groups is 2. The third-order valence-electron chi connectivity index (χ3n) is 1.98. The van der Waals surface area contributed by atoms with Crippen LogP contribution in [0.3, 0.4) is 0 Å². The molecule has 100 valence electrons. The number of anilines is 1. The minimum atomic E-state index is -0.931. The molecule has 0 aromatic heterocycles. The zero-order valence-corrected chi connectivity index (χ0v) is 9.67. The van der Waals surface area contributed by atoms with E-state index >= 15 is 0 Å². The molecule has 1 saturated heterocycles. The predicted molar refractivity (Wildman–Crippen MR) is 64.1 cm³/mol. The number of carbonyl (C=O) groups is 4. The topological polar surface area (TPSA) is 139 Å². The summed E-state index contributed by atoms with van der Waals surface area (Å²) in [6.45, 7) is 0. The monoisotopic (exact) mass is 265 g/mol. The summed E-state index contributed by atoms with van der Waals surface area (Å²) in [5.41, 5.74) is 6.17. The van der Waals surface area contributed by atoms with Gasteiger partial charge in [0, 0.05) is 5.69 Å². The molecule has 0 radical (unpaired) electrons. The number of nitrogens with two attached hydrogens (primary N) is 1. The van der Waals surface area contributed by atoms with Gasteiger partial charge in [-0.25, -0.2) is 9.59 Å². The summed E-state index contributed by atoms with van der Waals surface area (Å²) >= 11 is 0. The molecule has 1 heterocycles. The van der Waals surface area contributed by atoms with Crippen LogP contribution in [0, 0.1) is 0 Å². The molecule has 0 unspecified atom stereocenters. The first kappa shape index (κ1) is 14.2. The van der Waals surface area contributed by atoms with Gasteiger partial charge in [-0.3, -0.25) is 20.2 Å². The quantitative estimate of drug-likeness (QED) is 0.406. The van der Waals surface area contributed by atoms with Crippen molar-refractivity contribution in [3.8, 4) is 0 Å². The molecule has 0 aliphatic carbocycles. The van der Waals surface area contributed by atoms with Crippen LogP contribution in [0.5, 0.6) is 0 Å². The first-order valence-electron chi connectivity index (χ1n) is 5.11. The minimum absolute atomic E-state index is 0.258. The van der Waals surface area contributed by atoms with Crippen LogP contribution in [-0.2, 0) is 9.59 Å². The molecule has 0 atom stereocenters. The van der Waals surface area contributed by atoms with Crippen LogP contribution in [0.2, 0.25) is 0 Å². The van der Waals surface area contributed by atoms with Gasteiger partial charge in [0.15, 0.2) is 0 Å². The van der Waals surface area contributed by atoms with Crippen molar-refractivity contribution in [2.75, 3.05) is 5.73 Å². The lowest BCUT2D eigenvalue weighted by Gasteiger charge is -2.09. The minimum Gasteiger partial charge on any atom is -0.478 e. The molecule has 1 aliphatic rings. The molecule has 8 nitrogen and oxygen atoms in total. The standard InChI is InChI=1S/C7H7NO2.C4H4N2O3/c8-6-3-1-5(2-4-6)7(9)10;7-2-1-3(8)6-4(9)5-2/h1-4H,8H2,(H,9,10);1H2,(H2,5,6,7,8,9). The molecule has 2 rings (SSSR count). The Morgan fingerprint density at radius 3 is 1.89 bits per heavy atom. The van der Waals surface area contributed by atoms with Gasteiger partial charge in [0.05, 0.1) is 5.56 Å². The number of carboxylic acids is 1. The average Bonchev–Trinajstić information content (AvgIpc) is 2.28. The van der Waals surface area contributed by atoms with Gasteiger partial charge < -0.3 is 10.8 Å². The van der Waals surface area contributed by atoms with Crippen LogP contribution in [0.15, 0.2) is 24.3 Å². The highest BCUT2D eigenvalue weighted by Crippen LogP contribution is 2.04. The van der Waals surface area contributed by atoms with Crippen LogP contribution < -0.4 is 16.4 Å². The normalized spacial score (nSPS) is 13.8. The number of nitrogens with one attached hydrogen (secondary N) is 2. The first-order chi connectivity index (χ1) is 8.88. The van der Waals surface area contributed by atoms with Crippen LogP contribution in [0.4, 0.5) is 10.5 Å². The molecule has 1 aliphatic heterocycles.